The highest BCUT2D eigenvalue weighted by Gasteiger charge is 2.19. The van der Waals surface area contributed by atoms with Crippen LogP contribution in [0.1, 0.15) is 35.3 Å². The predicted octanol–water partition coefficient (Wildman–Crippen LogP) is 3.93. The average Bonchev–Trinajstić information content (AvgIpc) is 3.10. The lowest BCUT2D eigenvalue weighted by molar-refractivity contribution is 0.0653. The maximum absolute atomic E-state index is 11.3. The summed E-state index contributed by atoms with van der Waals surface area (Å²) in [5, 5.41) is 11.4. The van der Waals surface area contributed by atoms with Crippen LogP contribution in [0.2, 0.25) is 0 Å². The maximum Gasteiger partial charge on any atom is 0.159 e. The molecule has 1 N–H and O–H groups in total. The number of benzene rings is 2. The van der Waals surface area contributed by atoms with Gasteiger partial charge in [0, 0.05) is 12.1 Å². The van der Waals surface area contributed by atoms with E-state index in [1.807, 2.05) is 25.2 Å². The van der Waals surface area contributed by atoms with Gasteiger partial charge in [-0.1, -0.05) is 12.1 Å². The van der Waals surface area contributed by atoms with Gasteiger partial charge in [0.2, 0.25) is 0 Å². The molecule has 142 valence electrons. The Morgan fingerprint density at radius 2 is 1.93 bits per heavy atom. The van der Waals surface area contributed by atoms with Crippen molar-refractivity contribution in [3.05, 3.63) is 59.1 Å². The number of para-hydroxylation sites is 1. The second kappa shape index (κ2) is 8.61. The van der Waals surface area contributed by atoms with E-state index < -0.39 is 6.10 Å². The first-order valence-corrected chi connectivity index (χ1v) is 9.73. The molecule has 5 nitrogen and oxygen atoms in total. The van der Waals surface area contributed by atoms with E-state index in [4.69, 9.17) is 9.72 Å². The third-order valence-electron chi connectivity index (χ3n) is 4.53. The van der Waals surface area contributed by atoms with Crippen molar-refractivity contribution in [3.63, 3.8) is 0 Å². The van der Waals surface area contributed by atoms with Crippen molar-refractivity contribution in [1.82, 2.24) is 9.88 Å². The highest BCUT2D eigenvalue weighted by atomic mass is 32.1. The van der Waals surface area contributed by atoms with Gasteiger partial charge in [-0.2, -0.15) is 0 Å². The molecule has 3 aromatic rings. The van der Waals surface area contributed by atoms with Crippen molar-refractivity contribution in [2.24, 2.45) is 0 Å². The van der Waals surface area contributed by atoms with Gasteiger partial charge in [0.1, 0.15) is 23.5 Å². The highest BCUT2D eigenvalue weighted by Crippen LogP contribution is 2.28. The highest BCUT2D eigenvalue weighted by molar-refractivity contribution is 7.18. The van der Waals surface area contributed by atoms with E-state index in [-0.39, 0.29) is 18.4 Å². The summed E-state index contributed by atoms with van der Waals surface area (Å²) in [6.45, 7) is 4.28. The SMILES string of the molecule is CC(=O)c1ccc(OC[C@H](O)CN(C)[C@@H](C)c2nc3ccccc3s2)cc1. The quantitative estimate of drug-likeness (QED) is 0.596. The van der Waals surface area contributed by atoms with Gasteiger partial charge in [-0.15, -0.1) is 11.3 Å². The molecular formula is C21H24N2O3S. The number of aromatic nitrogens is 1. The van der Waals surface area contributed by atoms with E-state index in [9.17, 15) is 9.90 Å². The number of hydrogen-bond acceptors (Lipinski definition) is 6. The number of carbonyl (C=O) groups is 1. The van der Waals surface area contributed by atoms with Crippen LogP contribution in [0.15, 0.2) is 48.5 Å². The molecule has 0 amide bonds. The van der Waals surface area contributed by atoms with Crippen LogP contribution in [0.25, 0.3) is 10.2 Å². The van der Waals surface area contributed by atoms with Crippen molar-refractivity contribution in [1.29, 1.82) is 0 Å². The fourth-order valence-electron chi connectivity index (χ4n) is 2.78. The normalized spacial score (nSPS) is 13.7. The zero-order valence-electron chi connectivity index (χ0n) is 15.8. The van der Waals surface area contributed by atoms with Crippen LogP contribution < -0.4 is 4.74 Å². The van der Waals surface area contributed by atoms with Crippen LogP contribution in [-0.2, 0) is 0 Å². The Hall–Kier alpha value is -2.28. The second-order valence-corrected chi connectivity index (χ2v) is 7.74. The first-order chi connectivity index (χ1) is 12.9. The largest absolute Gasteiger partial charge is 0.491 e. The number of carbonyl (C=O) groups excluding carboxylic acids is 1. The summed E-state index contributed by atoms with van der Waals surface area (Å²) in [4.78, 5) is 18.1. The molecule has 6 heteroatoms. The van der Waals surface area contributed by atoms with Crippen molar-refractivity contribution < 1.29 is 14.6 Å². The van der Waals surface area contributed by atoms with E-state index in [0.29, 0.717) is 17.9 Å². The molecular weight excluding hydrogens is 360 g/mol. The van der Waals surface area contributed by atoms with Gasteiger partial charge < -0.3 is 9.84 Å². The van der Waals surface area contributed by atoms with E-state index in [1.54, 1.807) is 35.6 Å². The van der Waals surface area contributed by atoms with E-state index in [2.05, 4.69) is 17.9 Å². The number of thiazole rings is 1. The van der Waals surface area contributed by atoms with Gasteiger partial charge in [0.05, 0.1) is 16.3 Å². The minimum Gasteiger partial charge on any atom is -0.491 e. The molecule has 0 aliphatic carbocycles. The summed E-state index contributed by atoms with van der Waals surface area (Å²) in [6, 6.07) is 15.1. The van der Waals surface area contributed by atoms with Crippen molar-refractivity contribution in [3.8, 4) is 5.75 Å². The zero-order chi connectivity index (χ0) is 19.4. The Kier molecular flexibility index (Phi) is 6.21. The lowest BCUT2D eigenvalue weighted by atomic mass is 10.1. The molecule has 0 aliphatic rings. The molecule has 2 atom stereocenters. The summed E-state index contributed by atoms with van der Waals surface area (Å²) in [7, 11) is 1.97. The van der Waals surface area contributed by atoms with Gasteiger partial charge in [0.15, 0.2) is 5.78 Å². The summed E-state index contributed by atoms with van der Waals surface area (Å²) in [6.07, 6.45) is -0.626. The van der Waals surface area contributed by atoms with Crippen LogP contribution >= 0.6 is 11.3 Å². The molecule has 0 bridgehead atoms. The number of fused-ring (bicyclic) bond motifs is 1. The van der Waals surface area contributed by atoms with Gasteiger partial charge in [-0.05, 0) is 57.3 Å². The summed E-state index contributed by atoms with van der Waals surface area (Å²) in [5.74, 6) is 0.660. The number of ether oxygens (including phenoxy) is 1. The molecule has 0 radical (unpaired) electrons. The lowest BCUT2D eigenvalue weighted by Crippen LogP contribution is -2.34. The molecule has 2 aromatic carbocycles. The minimum atomic E-state index is -0.626. The average molecular weight is 385 g/mol. The van der Waals surface area contributed by atoms with E-state index in [0.717, 1.165) is 10.5 Å². The fraction of sp³-hybridized carbons (Fsp3) is 0.333. The van der Waals surface area contributed by atoms with Crippen molar-refractivity contribution >= 4 is 27.3 Å². The molecule has 1 aromatic heterocycles. The Bertz CT molecular complexity index is 874. The fourth-order valence-corrected chi connectivity index (χ4v) is 3.86. The van der Waals surface area contributed by atoms with Gasteiger partial charge in [-0.3, -0.25) is 9.69 Å². The molecule has 27 heavy (non-hydrogen) atoms. The van der Waals surface area contributed by atoms with Crippen LogP contribution in [0, 0.1) is 0 Å². The lowest BCUT2D eigenvalue weighted by Gasteiger charge is -2.25. The number of nitrogens with zero attached hydrogens (tertiary/aromatic N) is 2. The van der Waals surface area contributed by atoms with Gasteiger partial charge in [-0.25, -0.2) is 4.98 Å². The molecule has 1 heterocycles. The number of likely N-dealkylation sites (N-methyl/N-ethyl adjacent to an activating group) is 1. The number of Topliss-reactive ketones (excluding diaryl/α,β-unsaturated/α-hetero) is 1. The molecule has 0 fully saturated rings. The first kappa shape index (κ1) is 19.5. The van der Waals surface area contributed by atoms with Crippen molar-refractivity contribution in [2.45, 2.75) is 26.0 Å². The topological polar surface area (TPSA) is 62.7 Å². The smallest absolute Gasteiger partial charge is 0.159 e. The number of rotatable bonds is 8. The number of aliphatic hydroxyl groups is 1. The second-order valence-electron chi connectivity index (χ2n) is 6.68. The van der Waals surface area contributed by atoms with Gasteiger partial charge >= 0.3 is 0 Å². The third kappa shape index (κ3) is 4.91. The summed E-state index contributed by atoms with van der Waals surface area (Å²) >= 11 is 1.68. The first-order valence-electron chi connectivity index (χ1n) is 8.91. The molecule has 0 spiro atoms. The third-order valence-corrected chi connectivity index (χ3v) is 5.74. The predicted molar refractivity (Wildman–Crippen MR) is 109 cm³/mol. The Labute approximate surface area is 163 Å². The number of ketones is 1. The minimum absolute atomic E-state index is 0.0204. The van der Waals surface area contributed by atoms with Gasteiger partial charge in [0.25, 0.3) is 0 Å². The summed E-state index contributed by atoms with van der Waals surface area (Å²) in [5.41, 5.74) is 1.66. The van der Waals surface area contributed by atoms with Crippen LogP contribution in [0.3, 0.4) is 0 Å². The van der Waals surface area contributed by atoms with Crippen molar-refractivity contribution in [2.75, 3.05) is 20.2 Å². The Morgan fingerprint density at radius 3 is 2.59 bits per heavy atom. The number of hydrogen-bond donors (Lipinski definition) is 1. The molecule has 0 saturated heterocycles. The standard InChI is InChI=1S/C21H24N2O3S/c1-14(21-22-19-6-4-5-7-20(19)27-21)23(3)12-17(25)13-26-18-10-8-16(9-11-18)15(2)24/h4-11,14,17,25H,12-13H2,1-3H3/t14-,17+/m0/s1. The molecule has 0 saturated carbocycles. The van der Waals surface area contributed by atoms with Crippen LogP contribution in [0.5, 0.6) is 5.75 Å². The zero-order valence-corrected chi connectivity index (χ0v) is 16.6. The van der Waals surface area contributed by atoms with E-state index >= 15 is 0 Å². The van der Waals surface area contributed by atoms with Crippen LogP contribution in [0.4, 0.5) is 0 Å². The summed E-state index contributed by atoms with van der Waals surface area (Å²) < 4.78 is 6.81. The van der Waals surface area contributed by atoms with E-state index in [1.165, 1.54) is 11.6 Å². The maximum atomic E-state index is 11.3. The molecule has 0 unspecified atom stereocenters. The monoisotopic (exact) mass is 384 g/mol. The van der Waals surface area contributed by atoms with Crippen LogP contribution in [-0.4, -0.2) is 47.1 Å². The Morgan fingerprint density at radius 1 is 1.22 bits per heavy atom. The molecule has 0 aliphatic heterocycles. The molecule has 3 rings (SSSR count). The Balaban J connectivity index is 1.53. The number of aliphatic hydroxyl groups excluding tert-OH is 1.